The van der Waals surface area contributed by atoms with Crippen LogP contribution in [0.15, 0.2) is 59.4 Å². The van der Waals surface area contributed by atoms with Crippen LogP contribution in [0.2, 0.25) is 0 Å². The molecule has 33 nitrogen and oxygen atoms in total. The van der Waals surface area contributed by atoms with E-state index in [4.69, 9.17) is 57.1 Å². The lowest BCUT2D eigenvalue weighted by molar-refractivity contribution is -0.172. The third kappa shape index (κ3) is 22.8. The number of ether oxygens (including phenoxy) is 11. The first-order valence-corrected chi connectivity index (χ1v) is 37.5. The normalized spacial score (nSPS) is 18.7. The fraction of sp³-hybridized carbons (Fsp3) is 0.579. The molecule has 5 heterocycles. The molecule has 0 saturated heterocycles. The highest BCUT2D eigenvalue weighted by Crippen LogP contribution is 2.47. The fourth-order valence-corrected chi connectivity index (χ4v) is 13.7. The van der Waals surface area contributed by atoms with Crippen molar-refractivity contribution < 1.29 is 110 Å². The lowest BCUT2D eigenvalue weighted by Gasteiger charge is -2.31. The molecule has 0 spiro atoms. The van der Waals surface area contributed by atoms with E-state index in [9.17, 15) is 57.8 Å². The average molecular weight is 1540 g/mol. The number of fused-ring (bicyclic) bond motifs is 5. The third-order valence-electron chi connectivity index (χ3n) is 20.0. The molecule has 110 heavy (non-hydrogen) atoms. The topological polar surface area (TPSA) is 415 Å². The number of esters is 1. The summed E-state index contributed by atoms with van der Waals surface area (Å²) in [4.78, 5) is 148. The highest BCUT2D eigenvalue weighted by atomic mass is 19.1. The minimum atomic E-state index is -2.06. The number of halogens is 1. The van der Waals surface area contributed by atoms with E-state index < -0.39 is 102 Å². The summed E-state index contributed by atoms with van der Waals surface area (Å²) in [7, 11) is 0. The van der Waals surface area contributed by atoms with Gasteiger partial charge >= 0.3 is 5.97 Å². The lowest BCUT2D eigenvalue weighted by Crippen LogP contribution is -2.52. The Kier molecular flexibility index (Phi) is 31.3. The van der Waals surface area contributed by atoms with E-state index >= 15 is 4.39 Å². The molecule has 2 fully saturated rings. The van der Waals surface area contributed by atoms with Crippen molar-refractivity contribution in [1.29, 1.82) is 0 Å². The molecule has 2 aromatic heterocycles. The molecular weight excluding hydrogens is 1440 g/mol. The average Bonchev–Trinajstić information content (AvgIpc) is 1.50. The number of pyridine rings is 2. The second-order valence-electron chi connectivity index (χ2n) is 27.4. The molecule has 0 radical (unpaired) electrons. The van der Waals surface area contributed by atoms with Crippen molar-refractivity contribution in [2.24, 2.45) is 11.8 Å². The van der Waals surface area contributed by atoms with Crippen LogP contribution in [0.3, 0.4) is 0 Å². The molecule has 3 aliphatic carbocycles. The molecule has 6 aliphatic rings. The number of nitrogens with zero attached hydrogens (tertiary/aromatic N) is 3. The van der Waals surface area contributed by atoms with Gasteiger partial charge in [0.2, 0.25) is 35.4 Å². The van der Waals surface area contributed by atoms with Gasteiger partial charge in [-0.25, -0.2) is 14.2 Å². The third-order valence-corrected chi connectivity index (χ3v) is 20.0. The van der Waals surface area contributed by atoms with Gasteiger partial charge in [0, 0.05) is 60.2 Å². The zero-order valence-electron chi connectivity index (χ0n) is 62.1. The van der Waals surface area contributed by atoms with E-state index in [1.165, 1.54) is 27.7 Å². The van der Waals surface area contributed by atoms with E-state index in [0.717, 1.165) is 31.2 Å². The number of rotatable bonds is 48. The SMILES string of the molecule is CC[C@@]1(O)C(=O)OCc2c1cc1n(c2=O)Cc2c-1nc1cc(F)c(C)c3c1c2[C@@H](NC(=O)C1(OCNC(=O)CNC(=O)[C@H](Cc2ccccc2)NC(=O)CNC(=O)CNC(=O)COCCOCCOCCOCCOCCOCCOCCOCCOCCNC(=O)C2CCC(CN4C(=O)C=CC4=O)CC2)CC1)CC3. The molecule has 8 N–H and O–H groups in total. The monoisotopic (exact) mass is 1540 g/mol. The van der Waals surface area contributed by atoms with E-state index in [1.807, 2.05) is 0 Å². The maximum atomic E-state index is 15.5. The number of aliphatic hydroxyl groups is 1. The highest BCUT2D eigenvalue weighted by Gasteiger charge is 2.53. The van der Waals surface area contributed by atoms with Crippen LogP contribution >= 0.6 is 0 Å². The maximum Gasteiger partial charge on any atom is 0.343 e. The maximum absolute atomic E-state index is 15.5. The second kappa shape index (κ2) is 41.3. The first-order chi connectivity index (χ1) is 53.3. The second-order valence-corrected chi connectivity index (χ2v) is 27.4. The molecule has 0 unspecified atom stereocenters. The Morgan fingerprint density at radius 2 is 1.22 bits per heavy atom. The Morgan fingerprint density at radius 3 is 1.82 bits per heavy atom. The van der Waals surface area contributed by atoms with Crippen molar-refractivity contribution in [2.75, 3.05) is 158 Å². The van der Waals surface area contributed by atoms with Gasteiger partial charge in [-0.3, -0.25) is 52.8 Å². The Hall–Kier alpha value is -9.07. The summed E-state index contributed by atoms with van der Waals surface area (Å²) in [5.41, 5.74) is 0.554. The molecule has 0 bridgehead atoms. The number of nitrogens with one attached hydrogen (secondary N) is 7. The Bertz CT molecular complexity index is 4000. The summed E-state index contributed by atoms with van der Waals surface area (Å²) < 4.78 is 77.7. The van der Waals surface area contributed by atoms with E-state index in [1.54, 1.807) is 50.2 Å². The van der Waals surface area contributed by atoms with Crippen molar-refractivity contribution in [3.8, 4) is 11.4 Å². The first kappa shape index (κ1) is 83.4. The van der Waals surface area contributed by atoms with Crippen molar-refractivity contribution in [1.82, 2.24) is 51.7 Å². The van der Waals surface area contributed by atoms with Gasteiger partial charge in [-0.15, -0.1) is 0 Å². The molecule has 34 heteroatoms. The summed E-state index contributed by atoms with van der Waals surface area (Å²) in [6.07, 6.45) is 7.03. The Labute approximate surface area is 634 Å². The molecular formula is C76H99FN10O23. The van der Waals surface area contributed by atoms with Crippen LogP contribution in [0.5, 0.6) is 0 Å². The summed E-state index contributed by atoms with van der Waals surface area (Å²) in [6, 6.07) is 9.85. The van der Waals surface area contributed by atoms with E-state index in [2.05, 4.69) is 37.2 Å². The number of aromatic nitrogens is 2. The summed E-state index contributed by atoms with van der Waals surface area (Å²) in [5.74, 6) is -5.56. The zero-order valence-corrected chi connectivity index (χ0v) is 62.1. The van der Waals surface area contributed by atoms with Crippen molar-refractivity contribution in [3.63, 3.8) is 0 Å². The molecule has 3 aliphatic heterocycles. The molecule has 598 valence electrons. The summed E-state index contributed by atoms with van der Waals surface area (Å²) in [5, 5.41) is 30.7. The van der Waals surface area contributed by atoms with Gasteiger partial charge < -0.3 is 99.0 Å². The lowest BCUT2D eigenvalue weighted by atomic mass is 9.81. The number of benzene rings is 2. The first-order valence-electron chi connectivity index (χ1n) is 37.5. The van der Waals surface area contributed by atoms with Gasteiger partial charge in [0.05, 0.1) is 167 Å². The van der Waals surface area contributed by atoms with Gasteiger partial charge in [0.25, 0.3) is 23.3 Å². The number of hydrogen-bond donors (Lipinski definition) is 8. The van der Waals surface area contributed by atoms with Gasteiger partial charge in [-0.2, -0.15) is 0 Å². The molecule has 9 amide bonds. The summed E-state index contributed by atoms with van der Waals surface area (Å²) in [6.45, 7) is 7.49. The van der Waals surface area contributed by atoms with Gasteiger partial charge in [0.1, 0.15) is 37.4 Å². The minimum Gasteiger partial charge on any atom is -0.458 e. The standard InChI is InChI=1S/C76H99FN10O23/c1-3-76(99)55-38-60-69-53(44-86(60)72(96)54(55)45-109-74(76)98)68-57(14-13-52-48(2)56(77)39-58(84-69)67(52)68)85-73(97)75(17-18-75)110-47-82-62(89)41-81-71(95)59(37-49-7-5-4-6-8-49)83-63(90)42-79-61(88)40-80-64(91)46-108-36-35-107-34-33-106-32-31-105-30-29-104-28-27-103-26-25-102-24-23-101-22-21-100-20-19-78-70(94)51-11-9-50(10-12-51)43-87-65(92)15-16-66(87)93/h4-8,15-16,38-39,50-51,57,59,99H,3,9-14,17-37,40-47H2,1-2H3,(H,78,94)(H,79,88)(H,80,91)(H,81,95)(H,82,89)(H,83,90)(H,85,97)/t50?,51?,57-,59-,76-/m0/s1. The molecule has 2 saturated carbocycles. The van der Waals surface area contributed by atoms with Crippen LogP contribution in [-0.2, 0) is 132 Å². The van der Waals surface area contributed by atoms with E-state index in [-0.39, 0.29) is 93.1 Å². The Morgan fingerprint density at radius 1 is 0.655 bits per heavy atom. The number of hydrogen-bond acceptors (Lipinski definition) is 24. The molecule has 2 aromatic carbocycles. The van der Waals surface area contributed by atoms with E-state index in [0.29, 0.717) is 176 Å². The van der Waals surface area contributed by atoms with Crippen LogP contribution < -0.4 is 42.8 Å². The van der Waals surface area contributed by atoms with Crippen molar-refractivity contribution >= 4 is 70.0 Å². The number of carbonyl (C=O) groups excluding carboxylic acids is 10. The number of cyclic esters (lactones) is 1. The van der Waals surface area contributed by atoms with Gasteiger partial charge in [-0.05, 0) is 98.9 Å². The van der Waals surface area contributed by atoms with Crippen LogP contribution in [0.4, 0.5) is 4.39 Å². The predicted molar refractivity (Wildman–Crippen MR) is 387 cm³/mol. The number of carbonyl (C=O) groups is 10. The summed E-state index contributed by atoms with van der Waals surface area (Å²) >= 11 is 0. The molecule has 10 rings (SSSR count). The largest absolute Gasteiger partial charge is 0.458 e. The number of imide groups is 1. The molecule has 4 aromatic rings. The highest BCUT2D eigenvalue weighted by molar-refractivity contribution is 6.13. The number of aryl methyl sites for hydroxylation is 1. The van der Waals surface area contributed by atoms with Crippen molar-refractivity contribution in [3.05, 3.63) is 110 Å². The number of amides is 9. The quantitative estimate of drug-likeness (QED) is 0.0113. The minimum absolute atomic E-state index is 0.00583. The van der Waals surface area contributed by atoms with Crippen LogP contribution in [0.1, 0.15) is 103 Å². The zero-order chi connectivity index (χ0) is 78.0. The predicted octanol–water partition coefficient (Wildman–Crippen LogP) is 0.327. The van der Waals surface area contributed by atoms with Crippen LogP contribution in [-0.4, -0.2) is 249 Å². The Balaban J connectivity index is 0.509. The molecule has 3 atom stereocenters. The van der Waals surface area contributed by atoms with Gasteiger partial charge in [0.15, 0.2) is 5.60 Å². The smallest absolute Gasteiger partial charge is 0.343 e. The van der Waals surface area contributed by atoms with Crippen LogP contribution in [0.25, 0.3) is 22.3 Å². The fourth-order valence-electron chi connectivity index (χ4n) is 13.7. The van der Waals surface area contributed by atoms with Crippen LogP contribution in [0, 0.1) is 24.6 Å². The van der Waals surface area contributed by atoms with Crippen molar-refractivity contribution in [2.45, 2.75) is 114 Å². The van der Waals surface area contributed by atoms with Gasteiger partial charge in [-0.1, -0.05) is 37.3 Å².